The molecule has 0 aromatic carbocycles. The molecule has 0 heterocycles. The predicted octanol–water partition coefficient (Wildman–Crippen LogP) is 9.83. The van der Waals surface area contributed by atoms with Crippen LogP contribution in [-0.2, 0) is 32.7 Å². The van der Waals surface area contributed by atoms with Crippen LogP contribution in [0.1, 0.15) is 174 Å². The first-order chi connectivity index (χ1) is 24.2. The van der Waals surface area contributed by atoms with E-state index in [2.05, 4.69) is 42.7 Å². The van der Waals surface area contributed by atoms with E-state index in [9.17, 15) is 24.2 Å². The second-order valence-corrected chi connectivity index (χ2v) is 14.8. The normalized spacial score (nSPS) is 14.3. The SMILES string of the molecule is CCCCCC/C=C\CCCCCCCC(=O)OC[C@H](COP(=O)(O)OC[C@@H](O)CO)OC(=O)CCCCCCC/C=C\CCCCCCC. The van der Waals surface area contributed by atoms with Crippen molar-refractivity contribution in [2.24, 2.45) is 0 Å². The van der Waals surface area contributed by atoms with Gasteiger partial charge in [0.2, 0.25) is 0 Å². The van der Waals surface area contributed by atoms with E-state index < -0.39 is 51.8 Å². The van der Waals surface area contributed by atoms with Crippen LogP contribution in [0.15, 0.2) is 24.3 Å². The van der Waals surface area contributed by atoms with Gasteiger partial charge in [-0.25, -0.2) is 4.57 Å². The van der Waals surface area contributed by atoms with Crippen LogP contribution in [0.2, 0.25) is 0 Å². The number of hydrogen-bond acceptors (Lipinski definition) is 9. The maximum Gasteiger partial charge on any atom is 0.472 e. The van der Waals surface area contributed by atoms with Crippen molar-refractivity contribution in [2.45, 2.75) is 187 Å². The van der Waals surface area contributed by atoms with E-state index in [1.54, 1.807) is 0 Å². The molecule has 0 amide bonds. The number of phosphoric ester groups is 1. The molecule has 3 N–H and O–H groups in total. The number of aliphatic hydroxyl groups is 2. The first-order valence-corrected chi connectivity index (χ1v) is 21.3. The molecule has 50 heavy (non-hydrogen) atoms. The Morgan fingerprint density at radius 1 is 0.580 bits per heavy atom. The second-order valence-electron chi connectivity index (χ2n) is 13.3. The Balaban J connectivity index is 4.38. The number of carbonyl (C=O) groups is 2. The lowest BCUT2D eigenvalue weighted by atomic mass is 10.1. The standard InChI is InChI=1S/C39H73O10P/c1-3-5-7-9-11-13-15-17-19-21-23-25-27-29-31-39(43)49-37(35-48-50(44,45)47-33-36(41)32-40)34-46-38(42)30-28-26-24-22-20-18-16-14-12-10-8-6-4-2/h14-17,36-37,40-41H,3-13,18-35H2,1-2H3,(H,44,45)/b16-14-,17-15-/t36-,37+/m0/s1. The summed E-state index contributed by atoms with van der Waals surface area (Å²) in [6, 6.07) is 0. The van der Waals surface area contributed by atoms with Crippen molar-refractivity contribution in [1.82, 2.24) is 0 Å². The van der Waals surface area contributed by atoms with Crippen LogP contribution >= 0.6 is 7.82 Å². The lowest BCUT2D eigenvalue weighted by molar-refractivity contribution is -0.161. The summed E-state index contributed by atoms with van der Waals surface area (Å²) in [7, 11) is -4.61. The summed E-state index contributed by atoms with van der Waals surface area (Å²) in [5, 5.41) is 18.3. The van der Waals surface area contributed by atoms with E-state index >= 15 is 0 Å². The Labute approximate surface area is 304 Å². The topological polar surface area (TPSA) is 149 Å². The molecule has 0 aliphatic heterocycles. The molecular weight excluding hydrogens is 659 g/mol. The van der Waals surface area contributed by atoms with Gasteiger partial charge in [-0.1, -0.05) is 122 Å². The van der Waals surface area contributed by atoms with Crippen LogP contribution in [0.3, 0.4) is 0 Å². The average molecular weight is 733 g/mol. The molecule has 0 fully saturated rings. The number of esters is 2. The summed E-state index contributed by atoms with van der Waals surface area (Å²) in [5.41, 5.74) is 0. The highest BCUT2D eigenvalue weighted by Crippen LogP contribution is 2.43. The van der Waals surface area contributed by atoms with Gasteiger partial charge in [0.05, 0.1) is 19.8 Å². The van der Waals surface area contributed by atoms with Gasteiger partial charge in [0.25, 0.3) is 0 Å². The van der Waals surface area contributed by atoms with Crippen molar-refractivity contribution < 1.29 is 47.8 Å². The maximum atomic E-state index is 12.5. The molecule has 0 radical (unpaired) electrons. The number of phosphoric acid groups is 1. The third-order valence-corrected chi connectivity index (χ3v) is 9.28. The third-order valence-electron chi connectivity index (χ3n) is 8.33. The molecule has 0 saturated heterocycles. The quantitative estimate of drug-likeness (QED) is 0.0244. The van der Waals surface area contributed by atoms with Crippen molar-refractivity contribution in [3.8, 4) is 0 Å². The number of allylic oxidation sites excluding steroid dienone is 4. The van der Waals surface area contributed by atoms with Gasteiger partial charge in [-0.05, 0) is 64.2 Å². The number of unbranched alkanes of at least 4 members (excludes halogenated alkanes) is 19. The Bertz CT molecular complexity index is 894. The third kappa shape index (κ3) is 34.9. The fourth-order valence-corrected chi connectivity index (χ4v) is 6.01. The lowest BCUT2D eigenvalue weighted by Crippen LogP contribution is -2.29. The average Bonchev–Trinajstić information content (AvgIpc) is 3.10. The van der Waals surface area contributed by atoms with Crippen molar-refractivity contribution >= 4 is 19.8 Å². The van der Waals surface area contributed by atoms with Gasteiger partial charge < -0.3 is 24.6 Å². The van der Waals surface area contributed by atoms with Gasteiger partial charge in [0.1, 0.15) is 12.7 Å². The summed E-state index contributed by atoms with van der Waals surface area (Å²) in [4.78, 5) is 34.8. The summed E-state index contributed by atoms with van der Waals surface area (Å²) >= 11 is 0. The highest BCUT2D eigenvalue weighted by atomic mass is 31.2. The van der Waals surface area contributed by atoms with E-state index in [-0.39, 0.29) is 19.4 Å². The van der Waals surface area contributed by atoms with Crippen molar-refractivity contribution in [2.75, 3.05) is 26.4 Å². The van der Waals surface area contributed by atoms with E-state index in [1.165, 1.54) is 57.8 Å². The van der Waals surface area contributed by atoms with Gasteiger partial charge in [-0.2, -0.15) is 0 Å². The molecular formula is C39H73O10P. The molecule has 0 saturated carbocycles. The van der Waals surface area contributed by atoms with E-state index in [1.807, 2.05) is 0 Å². The zero-order valence-corrected chi connectivity index (χ0v) is 32.5. The van der Waals surface area contributed by atoms with Crippen LogP contribution in [0, 0.1) is 0 Å². The molecule has 0 aromatic rings. The van der Waals surface area contributed by atoms with Crippen molar-refractivity contribution in [3.05, 3.63) is 24.3 Å². The fraction of sp³-hybridized carbons (Fsp3) is 0.846. The second kappa shape index (κ2) is 35.8. The molecule has 0 aromatic heterocycles. The van der Waals surface area contributed by atoms with Crippen molar-refractivity contribution in [1.29, 1.82) is 0 Å². The number of rotatable bonds is 37. The zero-order chi connectivity index (χ0) is 37.0. The van der Waals surface area contributed by atoms with Crippen LogP contribution in [0.5, 0.6) is 0 Å². The molecule has 0 bridgehead atoms. The zero-order valence-electron chi connectivity index (χ0n) is 31.6. The lowest BCUT2D eigenvalue weighted by Gasteiger charge is -2.20. The minimum atomic E-state index is -4.61. The molecule has 11 heteroatoms. The van der Waals surface area contributed by atoms with Crippen molar-refractivity contribution in [3.63, 3.8) is 0 Å². The molecule has 3 atom stereocenters. The van der Waals surface area contributed by atoms with Gasteiger partial charge in [-0.15, -0.1) is 0 Å². The number of hydrogen-bond donors (Lipinski definition) is 3. The summed E-state index contributed by atoms with van der Waals surface area (Å²) in [5.74, 6) is -0.944. The van der Waals surface area contributed by atoms with Crippen LogP contribution < -0.4 is 0 Å². The predicted molar refractivity (Wildman–Crippen MR) is 201 cm³/mol. The maximum absolute atomic E-state index is 12.5. The van der Waals surface area contributed by atoms with Gasteiger partial charge in [-0.3, -0.25) is 18.6 Å². The highest BCUT2D eigenvalue weighted by Gasteiger charge is 2.27. The Hall–Kier alpha value is -1.55. The van der Waals surface area contributed by atoms with Crippen LogP contribution in [0.4, 0.5) is 0 Å². The fourth-order valence-electron chi connectivity index (χ4n) is 5.22. The molecule has 294 valence electrons. The van der Waals surface area contributed by atoms with E-state index in [4.69, 9.17) is 19.1 Å². The first kappa shape index (κ1) is 48.5. The molecule has 0 spiro atoms. The molecule has 0 aliphatic carbocycles. The number of aliphatic hydroxyl groups excluding tert-OH is 2. The Morgan fingerprint density at radius 2 is 0.980 bits per heavy atom. The first-order valence-electron chi connectivity index (χ1n) is 19.8. The number of ether oxygens (including phenoxy) is 2. The minimum absolute atomic E-state index is 0.174. The number of carbonyl (C=O) groups excluding carboxylic acids is 2. The van der Waals surface area contributed by atoms with Crippen LogP contribution in [-0.4, -0.2) is 65.7 Å². The molecule has 0 aliphatic rings. The Kier molecular flexibility index (Phi) is 34.7. The highest BCUT2D eigenvalue weighted by molar-refractivity contribution is 7.47. The largest absolute Gasteiger partial charge is 0.472 e. The smallest absolute Gasteiger partial charge is 0.462 e. The molecule has 10 nitrogen and oxygen atoms in total. The van der Waals surface area contributed by atoms with Gasteiger partial charge in [0.15, 0.2) is 6.10 Å². The minimum Gasteiger partial charge on any atom is -0.462 e. The molecule has 1 unspecified atom stereocenters. The molecule has 0 rings (SSSR count). The van der Waals surface area contributed by atoms with E-state index in [0.717, 1.165) is 77.0 Å². The van der Waals surface area contributed by atoms with Crippen LogP contribution in [0.25, 0.3) is 0 Å². The van der Waals surface area contributed by atoms with Gasteiger partial charge in [0, 0.05) is 12.8 Å². The van der Waals surface area contributed by atoms with Gasteiger partial charge >= 0.3 is 19.8 Å². The summed E-state index contributed by atoms with van der Waals surface area (Å²) in [6.07, 6.45) is 32.8. The van der Waals surface area contributed by atoms with E-state index in [0.29, 0.717) is 12.8 Å². The monoisotopic (exact) mass is 732 g/mol. The summed E-state index contributed by atoms with van der Waals surface area (Å²) < 4.78 is 32.6. The Morgan fingerprint density at radius 3 is 1.46 bits per heavy atom. The summed E-state index contributed by atoms with van der Waals surface area (Å²) in [6.45, 7) is 2.33.